The minimum Gasteiger partial charge on any atom is -0.395 e. The molecular formula is C15H34N2O2. The van der Waals surface area contributed by atoms with E-state index >= 15 is 0 Å². The summed E-state index contributed by atoms with van der Waals surface area (Å²) in [5, 5.41) is 21.7. The average molecular weight is 274 g/mol. The molecule has 0 saturated heterocycles. The zero-order valence-corrected chi connectivity index (χ0v) is 13.3. The van der Waals surface area contributed by atoms with Crippen LogP contribution in [0.15, 0.2) is 0 Å². The van der Waals surface area contributed by atoms with Crippen molar-refractivity contribution < 1.29 is 10.2 Å². The summed E-state index contributed by atoms with van der Waals surface area (Å²) in [4.78, 5) is 2.16. The summed E-state index contributed by atoms with van der Waals surface area (Å²) in [5.41, 5.74) is 0.202. The van der Waals surface area contributed by atoms with Crippen LogP contribution in [-0.4, -0.2) is 61.1 Å². The summed E-state index contributed by atoms with van der Waals surface area (Å²) in [5.74, 6) is 0.664. The van der Waals surface area contributed by atoms with Crippen LogP contribution < -0.4 is 5.32 Å². The minimum absolute atomic E-state index is 0.154. The molecular weight excluding hydrogens is 240 g/mol. The molecule has 0 rings (SSSR count). The van der Waals surface area contributed by atoms with Gasteiger partial charge < -0.3 is 15.5 Å². The Labute approximate surface area is 119 Å². The monoisotopic (exact) mass is 274 g/mol. The van der Waals surface area contributed by atoms with Crippen molar-refractivity contribution in [3.05, 3.63) is 0 Å². The van der Waals surface area contributed by atoms with Crippen molar-refractivity contribution in [1.29, 1.82) is 0 Å². The van der Waals surface area contributed by atoms with Crippen LogP contribution in [0.2, 0.25) is 0 Å². The van der Waals surface area contributed by atoms with E-state index in [9.17, 15) is 0 Å². The van der Waals surface area contributed by atoms with E-state index < -0.39 is 0 Å². The molecule has 0 aromatic rings. The normalized spacial score (nSPS) is 15.2. The predicted octanol–water partition coefficient (Wildman–Crippen LogP) is 1.32. The van der Waals surface area contributed by atoms with Crippen LogP contribution in [0.3, 0.4) is 0 Å². The third-order valence-electron chi connectivity index (χ3n) is 3.40. The van der Waals surface area contributed by atoms with Crippen molar-refractivity contribution in [2.45, 2.75) is 40.5 Å². The number of aliphatic hydroxyl groups excluding tert-OH is 2. The molecule has 0 heterocycles. The van der Waals surface area contributed by atoms with Gasteiger partial charge >= 0.3 is 0 Å². The number of nitrogens with zero attached hydrogens (tertiary/aromatic N) is 1. The Morgan fingerprint density at radius 3 is 2.16 bits per heavy atom. The molecule has 0 amide bonds. The van der Waals surface area contributed by atoms with Crippen molar-refractivity contribution in [2.24, 2.45) is 11.3 Å². The second-order valence-electron chi connectivity index (χ2n) is 6.31. The Balaban J connectivity index is 4.38. The van der Waals surface area contributed by atoms with Crippen molar-refractivity contribution in [2.75, 3.05) is 45.9 Å². The Kier molecular flexibility index (Phi) is 10.5. The number of hydrogen-bond acceptors (Lipinski definition) is 4. The Bertz CT molecular complexity index is 206. The predicted molar refractivity (Wildman–Crippen MR) is 81.3 cm³/mol. The van der Waals surface area contributed by atoms with Gasteiger partial charge in [0, 0.05) is 26.2 Å². The molecule has 0 bridgehead atoms. The zero-order valence-electron chi connectivity index (χ0n) is 13.3. The summed E-state index contributed by atoms with van der Waals surface area (Å²) in [6, 6.07) is 0. The molecule has 0 aliphatic heterocycles. The SMILES string of the molecule is CCCC(C)(CNCC(C)C)CN(CCO)CCO. The smallest absolute Gasteiger partial charge is 0.0558 e. The molecule has 0 aliphatic rings. The second kappa shape index (κ2) is 10.6. The molecule has 4 heteroatoms. The van der Waals surface area contributed by atoms with Crippen molar-refractivity contribution in [3.63, 3.8) is 0 Å². The van der Waals surface area contributed by atoms with Gasteiger partial charge in [-0.15, -0.1) is 0 Å². The van der Waals surface area contributed by atoms with Crippen LogP contribution in [0.4, 0.5) is 0 Å². The van der Waals surface area contributed by atoms with Gasteiger partial charge in [-0.25, -0.2) is 0 Å². The van der Waals surface area contributed by atoms with Crippen molar-refractivity contribution >= 4 is 0 Å². The van der Waals surface area contributed by atoms with Gasteiger partial charge in [-0.1, -0.05) is 34.1 Å². The fourth-order valence-electron chi connectivity index (χ4n) is 2.58. The largest absolute Gasteiger partial charge is 0.395 e. The van der Waals surface area contributed by atoms with Gasteiger partial charge in [-0.2, -0.15) is 0 Å². The van der Waals surface area contributed by atoms with E-state index in [2.05, 4.69) is 37.9 Å². The maximum atomic E-state index is 9.10. The Morgan fingerprint density at radius 2 is 1.74 bits per heavy atom. The highest BCUT2D eigenvalue weighted by Gasteiger charge is 2.25. The van der Waals surface area contributed by atoms with Gasteiger partial charge in [0.2, 0.25) is 0 Å². The van der Waals surface area contributed by atoms with Crippen molar-refractivity contribution in [1.82, 2.24) is 10.2 Å². The molecule has 116 valence electrons. The fraction of sp³-hybridized carbons (Fsp3) is 1.00. The topological polar surface area (TPSA) is 55.7 Å². The van der Waals surface area contributed by atoms with E-state index in [0.717, 1.165) is 32.5 Å². The van der Waals surface area contributed by atoms with Gasteiger partial charge in [-0.05, 0) is 24.3 Å². The quantitative estimate of drug-likeness (QED) is 0.502. The van der Waals surface area contributed by atoms with Gasteiger partial charge in [0.15, 0.2) is 0 Å². The number of aliphatic hydroxyl groups is 2. The van der Waals surface area contributed by atoms with Gasteiger partial charge in [0.05, 0.1) is 13.2 Å². The lowest BCUT2D eigenvalue weighted by Gasteiger charge is -2.35. The van der Waals surface area contributed by atoms with Crippen LogP contribution in [0.5, 0.6) is 0 Å². The highest BCUT2D eigenvalue weighted by atomic mass is 16.3. The first-order chi connectivity index (χ1) is 8.97. The summed E-state index contributed by atoms with van der Waals surface area (Å²) < 4.78 is 0. The van der Waals surface area contributed by atoms with Gasteiger partial charge in [0.25, 0.3) is 0 Å². The highest BCUT2D eigenvalue weighted by molar-refractivity contribution is 4.81. The minimum atomic E-state index is 0.154. The lowest BCUT2D eigenvalue weighted by Crippen LogP contribution is -2.44. The summed E-state index contributed by atoms with van der Waals surface area (Å²) in [6.07, 6.45) is 2.32. The van der Waals surface area contributed by atoms with Crippen LogP contribution in [-0.2, 0) is 0 Å². The van der Waals surface area contributed by atoms with Crippen LogP contribution >= 0.6 is 0 Å². The molecule has 1 unspecified atom stereocenters. The van der Waals surface area contributed by atoms with Crippen LogP contribution in [0.25, 0.3) is 0 Å². The molecule has 0 saturated carbocycles. The third-order valence-corrected chi connectivity index (χ3v) is 3.40. The van der Waals surface area contributed by atoms with Crippen LogP contribution in [0, 0.1) is 11.3 Å². The Morgan fingerprint density at radius 1 is 1.16 bits per heavy atom. The first-order valence-corrected chi connectivity index (χ1v) is 7.62. The molecule has 0 spiro atoms. The molecule has 0 radical (unpaired) electrons. The van der Waals surface area contributed by atoms with E-state index in [-0.39, 0.29) is 18.6 Å². The average Bonchev–Trinajstić information content (AvgIpc) is 2.29. The van der Waals surface area contributed by atoms with Crippen molar-refractivity contribution in [3.8, 4) is 0 Å². The maximum Gasteiger partial charge on any atom is 0.0558 e. The lowest BCUT2D eigenvalue weighted by atomic mass is 9.84. The first kappa shape index (κ1) is 18.8. The molecule has 0 fully saturated rings. The van der Waals surface area contributed by atoms with E-state index in [1.54, 1.807) is 0 Å². The molecule has 3 N–H and O–H groups in total. The molecule has 19 heavy (non-hydrogen) atoms. The summed E-state index contributed by atoms with van der Waals surface area (Å²) in [7, 11) is 0. The first-order valence-electron chi connectivity index (χ1n) is 7.62. The molecule has 0 aliphatic carbocycles. The number of nitrogens with one attached hydrogen (secondary N) is 1. The van der Waals surface area contributed by atoms with Gasteiger partial charge in [-0.3, -0.25) is 4.90 Å². The Hall–Kier alpha value is -0.160. The molecule has 4 nitrogen and oxygen atoms in total. The second-order valence-corrected chi connectivity index (χ2v) is 6.31. The van der Waals surface area contributed by atoms with E-state index in [0.29, 0.717) is 19.0 Å². The van der Waals surface area contributed by atoms with E-state index in [1.807, 2.05) is 0 Å². The third kappa shape index (κ3) is 9.38. The lowest BCUT2D eigenvalue weighted by molar-refractivity contribution is 0.105. The fourth-order valence-corrected chi connectivity index (χ4v) is 2.58. The maximum absolute atomic E-state index is 9.10. The summed E-state index contributed by atoms with van der Waals surface area (Å²) in [6.45, 7) is 13.5. The van der Waals surface area contributed by atoms with Gasteiger partial charge in [0.1, 0.15) is 0 Å². The highest BCUT2D eigenvalue weighted by Crippen LogP contribution is 2.24. The number of hydrogen-bond donors (Lipinski definition) is 3. The van der Waals surface area contributed by atoms with E-state index in [1.165, 1.54) is 0 Å². The number of rotatable bonds is 12. The molecule has 0 aromatic heterocycles. The molecule has 0 aromatic carbocycles. The zero-order chi connectivity index (χ0) is 14.7. The standard InChI is InChI=1S/C15H34N2O2/c1-5-6-15(4,12-16-11-14(2)3)13-17(7-9-18)8-10-19/h14,16,18-19H,5-13H2,1-4H3. The van der Waals surface area contributed by atoms with E-state index in [4.69, 9.17) is 10.2 Å². The molecule has 1 atom stereocenters. The van der Waals surface area contributed by atoms with Crippen LogP contribution in [0.1, 0.15) is 40.5 Å². The summed E-state index contributed by atoms with van der Waals surface area (Å²) >= 11 is 0.